The van der Waals surface area contributed by atoms with Gasteiger partial charge in [0.15, 0.2) is 0 Å². The molecule has 0 spiro atoms. The van der Waals surface area contributed by atoms with Crippen LogP contribution >= 0.6 is 15.7 Å². The highest BCUT2D eigenvalue weighted by Gasteiger charge is 2.10. The minimum absolute atomic E-state index is 1.07. The molecule has 0 radical (unpaired) electrons. The molecule has 0 atom stereocenters. The third kappa shape index (κ3) is 3.84. The molecular weight excluding hydrogens is 146 g/mol. The molecule has 1 aliphatic heterocycles. The van der Waals surface area contributed by atoms with Crippen molar-refractivity contribution in [3.05, 3.63) is 12.2 Å². The lowest BCUT2D eigenvalue weighted by Crippen LogP contribution is -1.77. The summed E-state index contributed by atoms with van der Waals surface area (Å²) in [5, 5.41) is 1.07. The molecule has 0 aromatic heterocycles. The molecule has 0 nitrogen and oxygen atoms in total. The molecule has 0 fully saturated rings. The van der Waals surface area contributed by atoms with Gasteiger partial charge in [-0.2, -0.15) is 0 Å². The van der Waals surface area contributed by atoms with Crippen molar-refractivity contribution in [3.63, 3.8) is 0 Å². The van der Waals surface area contributed by atoms with Gasteiger partial charge in [-0.3, -0.25) is 0 Å². The molecule has 0 saturated carbocycles. The molecule has 1 aliphatic rings. The summed E-state index contributed by atoms with van der Waals surface area (Å²) in [5.41, 5.74) is 0. The van der Waals surface area contributed by atoms with E-state index >= 15 is 0 Å². The van der Waals surface area contributed by atoms with Crippen LogP contribution in [0.3, 0.4) is 0 Å². The van der Waals surface area contributed by atoms with Gasteiger partial charge in [0.05, 0.1) is 5.40 Å². The summed E-state index contributed by atoms with van der Waals surface area (Å²) in [7, 11) is 3.36. The van der Waals surface area contributed by atoms with Crippen LogP contribution in [0.2, 0.25) is 0 Å². The number of allylic oxidation sites excluding steroid dienone is 2. The van der Waals surface area contributed by atoms with Gasteiger partial charge in [0.2, 0.25) is 0 Å². The first kappa shape index (κ1) is 7.45. The molecule has 0 saturated heterocycles. The minimum Gasteiger partial charge on any atom is -0.0917 e. The van der Waals surface area contributed by atoms with E-state index in [1.807, 2.05) is 0 Å². The quantitative estimate of drug-likeness (QED) is 0.331. The molecule has 0 N–H and O–H groups in total. The van der Waals surface area contributed by atoms with Crippen molar-refractivity contribution in [1.82, 2.24) is 0 Å². The minimum atomic E-state index is 1.07. The van der Waals surface area contributed by atoms with Crippen LogP contribution in [0.15, 0.2) is 12.2 Å². The summed E-state index contributed by atoms with van der Waals surface area (Å²) >= 11 is 0. The lowest BCUT2D eigenvalue weighted by Gasteiger charge is -1.90. The second-order valence-corrected chi connectivity index (χ2v) is 5.71. The standard InChI is InChI=1S/C7H12P2/c1-2-3-4-5-6-7-8-9-7/h2-3,7H,4-6H2,1H3/b3-2+. The summed E-state index contributed by atoms with van der Waals surface area (Å²) < 4.78 is 0. The summed E-state index contributed by atoms with van der Waals surface area (Å²) in [6, 6.07) is 0. The molecule has 0 aromatic rings. The highest BCUT2D eigenvalue weighted by Crippen LogP contribution is 2.50. The number of rotatable bonds is 4. The Morgan fingerprint density at radius 2 is 2.22 bits per heavy atom. The topological polar surface area (TPSA) is 0 Å². The Labute approximate surface area is 60.2 Å². The van der Waals surface area contributed by atoms with E-state index < -0.39 is 0 Å². The van der Waals surface area contributed by atoms with Gasteiger partial charge in [-0.05, 0) is 26.2 Å². The molecule has 0 aromatic carbocycles. The van der Waals surface area contributed by atoms with Gasteiger partial charge >= 0.3 is 0 Å². The first-order chi connectivity index (χ1) is 4.43. The maximum atomic E-state index is 2.26. The SMILES string of the molecule is C/C=C/CCCC1P=P1. The van der Waals surface area contributed by atoms with Crippen LogP contribution in [0, 0.1) is 0 Å². The number of unbranched alkanes of at least 4 members (excludes halogenated alkanes) is 1. The van der Waals surface area contributed by atoms with Gasteiger partial charge in [0.1, 0.15) is 0 Å². The molecule has 1 heterocycles. The van der Waals surface area contributed by atoms with Crippen LogP contribution in [0.1, 0.15) is 26.2 Å². The van der Waals surface area contributed by atoms with Crippen LogP contribution < -0.4 is 0 Å². The van der Waals surface area contributed by atoms with Crippen molar-refractivity contribution in [1.29, 1.82) is 0 Å². The Morgan fingerprint density at radius 3 is 2.78 bits per heavy atom. The van der Waals surface area contributed by atoms with Gasteiger partial charge in [-0.1, -0.05) is 27.9 Å². The lowest BCUT2D eigenvalue weighted by molar-refractivity contribution is 0.807. The Balaban J connectivity index is 1.81. The first-order valence-electron chi connectivity index (χ1n) is 3.44. The van der Waals surface area contributed by atoms with Crippen LogP contribution in [0.5, 0.6) is 0 Å². The van der Waals surface area contributed by atoms with Gasteiger partial charge < -0.3 is 0 Å². The largest absolute Gasteiger partial charge is 0.0917 e. The third-order valence-corrected chi connectivity index (χ3v) is 4.09. The smallest absolute Gasteiger partial charge is 0.0508 e. The number of hydrogen-bond acceptors (Lipinski definition) is 0. The second-order valence-electron chi connectivity index (χ2n) is 2.21. The Bertz CT molecular complexity index is 121. The summed E-state index contributed by atoms with van der Waals surface area (Å²) in [6.07, 6.45) is 8.54. The summed E-state index contributed by atoms with van der Waals surface area (Å²) in [6.45, 7) is 2.09. The van der Waals surface area contributed by atoms with Crippen LogP contribution in [0.4, 0.5) is 0 Å². The second kappa shape index (κ2) is 4.20. The maximum absolute atomic E-state index is 2.26. The molecule has 1 rings (SSSR count). The zero-order valence-corrected chi connectivity index (χ0v) is 7.54. The van der Waals surface area contributed by atoms with E-state index in [1.54, 1.807) is 15.7 Å². The van der Waals surface area contributed by atoms with E-state index in [0.29, 0.717) is 0 Å². The van der Waals surface area contributed by atoms with E-state index in [1.165, 1.54) is 19.3 Å². The molecule has 9 heavy (non-hydrogen) atoms. The molecule has 50 valence electrons. The Kier molecular flexibility index (Phi) is 3.48. The van der Waals surface area contributed by atoms with Gasteiger partial charge in [-0.25, -0.2) is 0 Å². The Morgan fingerprint density at radius 1 is 1.44 bits per heavy atom. The monoisotopic (exact) mass is 158 g/mol. The van der Waals surface area contributed by atoms with Crippen LogP contribution in [0.25, 0.3) is 0 Å². The van der Waals surface area contributed by atoms with E-state index in [-0.39, 0.29) is 0 Å². The zero-order valence-electron chi connectivity index (χ0n) is 5.75. The lowest BCUT2D eigenvalue weighted by atomic mass is 10.2. The molecule has 0 unspecified atom stereocenters. The molecular formula is C7H12P2. The number of hydrogen-bond donors (Lipinski definition) is 0. The van der Waals surface area contributed by atoms with Crippen LogP contribution in [-0.2, 0) is 0 Å². The summed E-state index contributed by atoms with van der Waals surface area (Å²) in [4.78, 5) is 0. The van der Waals surface area contributed by atoms with Crippen LogP contribution in [-0.4, -0.2) is 5.40 Å². The van der Waals surface area contributed by atoms with Crippen molar-refractivity contribution in [2.75, 3.05) is 0 Å². The van der Waals surface area contributed by atoms with Crippen molar-refractivity contribution < 1.29 is 0 Å². The molecule has 0 amide bonds. The van der Waals surface area contributed by atoms with Crippen molar-refractivity contribution >= 4 is 15.7 Å². The molecule has 2 heteroatoms. The van der Waals surface area contributed by atoms with Crippen molar-refractivity contribution in [2.24, 2.45) is 0 Å². The van der Waals surface area contributed by atoms with E-state index in [4.69, 9.17) is 0 Å². The molecule has 0 bridgehead atoms. The van der Waals surface area contributed by atoms with Crippen molar-refractivity contribution in [3.8, 4) is 0 Å². The normalized spacial score (nSPS) is 27.0. The first-order valence-corrected chi connectivity index (χ1v) is 6.08. The third-order valence-electron chi connectivity index (χ3n) is 1.35. The molecule has 0 aliphatic carbocycles. The average molecular weight is 158 g/mol. The van der Waals surface area contributed by atoms with E-state index in [0.717, 1.165) is 5.40 Å². The van der Waals surface area contributed by atoms with Gasteiger partial charge in [0.25, 0.3) is 0 Å². The van der Waals surface area contributed by atoms with Crippen molar-refractivity contribution in [2.45, 2.75) is 31.6 Å². The zero-order chi connectivity index (χ0) is 6.53. The predicted molar refractivity (Wildman–Crippen MR) is 46.3 cm³/mol. The van der Waals surface area contributed by atoms with Gasteiger partial charge in [0, 0.05) is 0 Å². The Hall–Kier alpha value is 0.340. The fourth-order valence-corrected chi connectivity index (χ4v) is 2.41. The van der Waals surface area contributed by atoms with E-state index in [2.05, 4.69) is 19.1 Å². The highest BCUT2D eigenvalue weighted by atomic mass is 31.8. The fourth-order valence-electron chi connectivity index (χ4n) is 0.748. The fraction of sp³-hybridized carbons (Fsp3) is 0.714. The highest BCUT2D eigenvalue weighted by molar-refractivity contribution is 8.02. The van der Waals surface area contributed by atoms with Gasteiger partial charge in [-0.15, -0.1) is 0 Å². The summed E-state index contributed by atoms with van der Waals surface area (Å²) in [5.74, 6) is 0. The maximum Gasteiger partial charge on any atom is 0.0508 e. The predicted octanol–water partition coefficient (Wildman–Crippen LogP) is 3.88. The van der Waals surface area contributed by atoms with E-state index in [9.17, 15) is 0 Å². The average Bonchev–Trinajstić information content (AvgIpc) is 2.63.